The minimum atomic E-state index is -0.441. The van der Waals surface area contributed by atoms with Gasteiger partial charge in [0.15, 0.2) is 0 Å². The summed E-state index contributed by atoms with van der Waals surface area (Å²) in [5.74, 6) is 0.282. The molecule has 0 radical (unpaired) electrons. The summed E-state index contributed by atoms with van der Waals surface area (Å²) in [6.07, 6.45) is 0. The zero-order valence-corrected chi connectivity index (χ0v) is 12.2. The number of halogens is 2. The largest absolute Gasteiger partial charge is 0.489 e. The van der Waals surface area contributed by atoms with Crippen LogP contribution < -0.4 is 10.5 Å². The first-order valence-electron chi connectivity index (χ1n) is 6.40. The molecule has 106 valence electrons. The number of rotatable bonds is 4. The lowest BCUT2D eigenvalue weighted by molar-refractivity contribution is 0.301. The zero-order chi connectivity index (χ0) is 14.7. The van der Waals surface area contributed by atoms with E-state index in [1.807, 2.05) is 32.0 Å². The summed E-state index contributed by atoms with van der Waals surface area (Å²) in [7, 11) is 0. The second-order valence-electron chi connectivity index (χ2n) is 4.87. The van der Waals surface area contributed by atoms with E-state index >= 15 is 0 Å². The zero-order valence-electron chi connectivity index (χ0n) is 11.5. The maximum atomic E-state index is 13.4. The van der Waals surface area contributed by atoms with Crippen molar-refractivity contribution in [1.82, 2.24) is 0 Å². The monoisotopic (exact) mass is 293 g/mol. The van der Waals surface area contributed by atoms with E-state index in [4.69, 9.17) is 22.1 Å². The van der Waals surface area contributed by atoms with Gasteiger partial charge in [-0.3, -0.25) is 0 Å². The molecule has 0 aliphatic rings. The van der Waals surface area contributed by atoms with Gasteiger partial charge in [-0.05, 0) is 37.6 Å². The number of hydrogen-bond acceptors (Lipinski definition) is 2. The predicted molar refractivity (Wildman–Crippen MR) is 79.5 cm³/mol. The topological polar surface area (TPSA) is 35.2 Å². The number of ether oxygens (including phenoxy) is 1. The Morgan fingerprint density at radius 1 is 1.25 bits per heavy atom. The molecule has 0 aromatic heterocycles. The van der Waals surface area contributed by atoms with Crippen LogP contribution in [0.1, 0.15) is 29.7 Å². The summed E-state index contributed by atoms with van der Waals surface area (Å²) < 4.78 is 19.1. The van der Waals surface area contributed by atoms with Crippen LogP contribution in [0.15, 0.2) is 36.4 Å². The van der Waals surface area contributed by atoms with Crippen LogP contribution >= 0.6 is 11.6 Å². The highest BCUT2D eigenvalue weighted by molar-refractivity contribution is 6.30. The molecule has 0 heterocycles. The Kier molecular flexibility index (Phi) is 4.63. The quantitative estimate of drug-likeness (QED) is 0.907. The average molecular weight is 294 g/mol. The smallest absolute Gasteiger partial charge is 0.142 e. The second kappa shape index (κ2) is 6.25. The summed E-state index contributed by atoms with van der Waals surface area (Å²) in [6.45, 7) is 4.19. The molecule has 0 aliphatic carbocycles. The van der Waals surface area contributed by atoms with E-state index in [2.05, 4.69) is 0 Å². The van der Waals surface area contributed by atoms with Gasteiger partial charge in [-0.25, -0.2) is 4.39 Å². The molecule has 2 aromatic rings. The first-order chi connectivity index (χ1) is 9.47. The van der Waals surface area contributed by atoms with E-state index in [-0.39, 0.29) is 17.7 Å². The van der Waals surface area contributed by atoms with Gasteiger partial charge in [0.2, 0.25) is 0 Å². The maximum absolute atomic E-state index is 13.4. The first kappa shape index (κ1) is 14.8. The lowest BCUT2D eigenvalue weighted by Gasteiger charge is -2.15. The Bertz CT molecular complexity index is 613. The molecule has 2 nitrogen and oxygen atoms in total. The third kappa shape index (κ3) is 3.50. The fourth-order valence-electron chi connectivity index (χ4n) is 1.95. The van der Waals surface area contributed by atoms with E-state index in [9.17, 15) is 4.39 Å². The van der Waals surface area contributed by atoms with Crippen LogP contribution in [-0.2, 0) is 6.61 Å². The Labute approximate surface area is 123 Å². The molecule has 0 spiro atoms. The summed E-state index contributed by atoms with van der Waals surface area (Å²) in [6, 6.07) is 10.4. The Hall–Kier alpha value is -1.58. The highest BCUT2D eigenvalue weighted by Crippen LogP contribution is 2.26. The van der Waals surface area contributed by atoms with Gasteiger partial charge in [0.1, 0.15) is 18.2 Å². The molecule has 2 aromatic carbocycles. The van der Waals surface area contributed by atoms with Crippen molar-refractivity contribution >= 4 is 11.6 Å². The number of hydrogen-bond donors (Lipinski definition) is 1. The van der Waals surface area contributed by atoms with Crippen molar-refractivity contribution in [3.05, 3.63) is 63.9 Å². The average Bonchev–Trinajstić information content (AvgIpc) is 2.41. The van der Waals surface area contributed by atoms with Crippen molar-refractivity contribution in [3.63, 3.8) is 0 Å². The van der Waals surface area contributed by atoms with Gasteiger partial charge in [-0.15, -0.1) is 0 Å². The van der Waals surface area contributed by atoms with Gasteiger partial charge in [-0.1, -0.05) is 35.4 Å². The normalized spacial score (nSPS) is 12.2. The van der Waals surface area contributed by atoms with Crippen molar-refractivity contribution in [2.45, 2.75) is 26.5 Å². The van der Waals surface area contributed by atoms with Crippen LogP contribution in [0.5, 0.6) is 5.75 Å². The maximum Gasteiger partial charge on any atom is 0.142 e. The molecule has 4 heteroatoms. The fourth-order valence-corrected chi connectivity index (χ4v) is 2.06. The van der Waals surface area contributed by atoms with Crippen LogP contribution in [0.2, 0.25) is 5.02 Å². The summed E-state index contributed by atoms with van der Waals surface area (Å²) in [4.78, 5) is 0. The number of benzene rings is 2. The Balaban J connectivity index is 2.16. The SMILES string of the molecule is Cc1ccc(OCc2ccc(Cl)c(F)c2)c([C@@H](C)N)c1. The molecular formula is C16H17ClFNO. The molecule has 0 bridgehead atoms. The molecule has 2 rings (SSSR count). The minimum Gasteiger partial charge on any atom is -0.489 e. The number of nitrogens with two attached hydrogens (primary N) is 1. The van der Waals surface area contributed by atoms with Crippen LogP contribution in [-0.4, -0.2) is 0 Å². The van der Waals surface area contributed by atoms with Crippen LogP contribution in [0.4, 0.5) is 4.39 Å². The summed E-state index contributed by atoms with van der Waals surface area (Å²) in [5.41, 5.74) is 8.73. The van der Waals surface area contributed by atoms with E-state index in [0.717, 1.165) is 22.4 Å². The van der Waals surface area contributed by atoms with Crippen molar-refractivity contribution in [1.29, 1.82) is 0 Å². The van der Waals surface area contributed by atoms with E-state index < -0.39 is 5.82 Å². The second-order valence-corrected chi connectivity index (χ2v) is 5.27. The van der Waals surface area contributed by atoms with Gasteiger partial charge >= 0.3 is 0 Å². The molecule has 0 amide bonds. The molecule has 20 heavy (non-hydrogen) atoms. The standard InChI is InChI=1S/C16H17ClFNO/c1-10-3-6-16(13(7-10)11(2)19)20-9-12-4-5-14(17)15(18)8-12/h3-8,11H,9,19H2,1-2H3/t11-/m1/s1. The van der Waals surface area contributed by atoms with E-state index in [0.29, 0.717) is 0 Å². The number of aryl methyl sites for hydroxylation is 1. The molecule has 0 unspecified atom stereocenters. The van der Waals surface area contributed by atoms with E-state index in [1.54, 1.807) is 6.07 Å². The van der Waals surface area contributed by atoms with Crippen LogP contribution in [0.25, 0.3) is 0 Å². The van der Waals surface area contributed by atoms with Gasteiger partial charge in [0.25, 0.3) is 0 Å². The Morgan fingerprint density at radius 3 is 2.65 bits per heavy atom. The van der Waals surface area contributed by atoms with Gasteiger partial charge in [0.05, 0.1) is 5.02 Å². The van der Waals surface area contributed by atoms with Crippen molar-refractivity contribution in [2.24, 2.45) is 5.73 Å². The van der Waals surface area contributed by atoms with Crippen LogP contribution in [0, 0.1) is 12.7 Å². The highest BCUT2D eigenvalue weighted by Gasteiger charge is 2.09. The minimum absolute atomic E-state index is 0.111. The van der Waals surface area contributed by atoms with Gasteiger partial charge < -0.3 is 10.5 Å². The third-order valence-corrected chi connectivity index (χ3v) is 3.34. The van der Waals surface area contributed by atoms with E-state index in [1.165, 1.54) is 12.1 Å². The fraction of sp³-hybridized carbons (Fsp3) is 0.250. The highest BCUT2D eigenvalue weighted by atomic mass is 35.5. The van der Waals surface area contributed by atoms with Crippen molar-refractivity contribution in [2.75, 3.05) is 0 Å². The molecular weight excluding hydrogens is 277 g/mol. The molecule has 1 atom stereocenters. The lowest BCUT2D eigenvalue weighted by Crippen LogP contribution is -2.08. The molecule has 0 saturated carbocycles. The van der Waals surface area contributed by atoms with Crippen molar-refractivity contribution in [3.8, 4) is 5.75 Å². The van der Waals surface area contributed by atoms with Gasteiger partial charge in [-0.2, -0.15) is 0 Å². The first-order valence-corrected chi connectivity index (χ1v) is 6.78. The lowest BCUT2D eigenvalue weighted by atomic mass is 10.1. The molecule has 0 fully saturated rings. The molecule has 0 saturated heterocycles. The third-order valence-electron chi connectivity index (χ3n) is 3.03. The Morgan fingerprint density at radius 2 is 2.00 bits per heavy atom. The molecule has 0 aliphatic heterocycles. The van der Waals surface area contributed by atoms with Gasteiger partial charge in [0, 0.05) is 11.6 Å². The summed E-state index contributed by atoms with van der Waals surface area (Å²) in [5, 5.41) is 0.111. The van der Waals surface area contributed by atoms with Crippen molar-refractivity contribution < 1.29 is 9.13 Å². The predicted octanol–water partition coefficient (Wildman–Crippen LogP) is 4.39. The summed E-state index contributed by atoms with van der Waals surface area (Å²) >= 11 is 5.65. The molecule has 2 N–H and O–H groups in total. The van der Waals surface area contributed by atoms with Crippen LogP contribution in [0.3, 0.4) is 0 Å².